The molecular formula is C11H12N4S. The number of nitrogens with zero attached hydrogens (tertiary/aromatic N) is 1. The molecule has 0 aliphatic carbocycles. The standard InChI is InChI=1S/C11H12N4S/c12-15-11-7-6-10(8-14-11)16(13)9-4-2-1-3-5-9/h1-8,13H,12H2,(H,14,15). The Labute approximate surface area is 96.4 Å². The predicted molar refractivity (Wildman–Crippen MR) is 65.1 cm³/mol. The maximum atomic E-state index is 8.12. The number of pyridine rings is 1. The van der Waals surface area contributed by atoms with Crippen molar-refractivity contribution in [3.63, 3.8) is 0 Å². The lowest BCUT2D eigenvalue weighted by Gasteiger charge is -2.06. The summed E-state index contributed by atoms with van der Waals surface area (Å²) >= 11 is 0. The van der Waals surface area contributed by atoms with E-state index < -0.39 is 10.7 Å². The Morgan fingerprint density at radius 2 is 1.81 bits per heavy atom. The Morgan fingerprint density at radius 1 is 1.06 bits per heavy atom. The third-order valence-electron chi connectivity index (χ3n) is 2.10. The molecular weight excluding hydrogens is 220 g/mol. The average Bonchev–Trinajstić information content (AvgIpc) is 2.39. The molecule has 0 aliphatic rings. The van der Waals surface area contributed by atoms with Gasteiger partial charge in [0.25, 0.3) is 0 Å². The van der Waals surface area contributed by atoms with Gasteiger partial charge in [0, 0.05) is 16.0 Å². The Kier molecular flexibility index (Phi) is 3.28. The zero-order chi connectivity index (χ0) is 11.4. The molecule has 0 amide bonds. The van der Waals surface area contributed by atoms with Crippen molar-refractivity contribution in [3.05, 3.63) is 48.7 Å². The minimum atomic E-state index is -0.688. The van der Waals surface area contributed by atoms with Crippen LogP contribution in [0.5, 0.6) is 0 Å². The number of benzene rings is 1. The second-order valence-corrected chi connectivity index (χ2v) is 4.70. The number of aromatic nitrogens is 1. The number of nitrogen functional groups attached to an aromatic ring is 1. The molecule has 1 aromatic heterocycles. The van der Waals surface area contributed by atoms with E-state index in [-0.39, 0.29) is 0 Å². The smallest absolute Gasteiger partial charge is 0.139 e. The van der Waals surface area contributed by atoms with Gasteiger partial charge in [0.1, 0.15) is 5.82 Å². The molecule has 4 nitrogen and oxygen atoms in total. The van der Waals surface area contributed by atoms with E-state index in [1.165, 1.54) is 0 Å². The first-order chi connectivity index (χ1) is 7.81. The van der Waals surface area contributed by atoms with Crippen molar-refractivity contribution in [2.24, 2.45) is 5.84 Å². The summed E-state index contributed by atoms with van der Waals surface area (Å²) < 4.78 is 8.12. The summed E-state index contributed by atoms with van der Waals surface area (Å²) in [7, 11) is -0.688. The van der Waals surface area contributed by atoms with Gasteiger partial charge in [-0.05, 0) is 35.0 Å². The fourth-order valence-electron chi connectivity index (χ4n) is 1.28. The predicted octanol–water partition coefficient (Wildman–Crippen LogP) is 2.17. The van der Waals surface area contributed by atoms with Crippen molar-refractivity contribution in [2.75, 3.05) is 5.43 Å². The van der Waals surface area contributed by atoms with Crippen molar-refractivity contribution in [1.82, 2.24) is 4.98 Å². The van der Waals surface area contributed by atoms with Crippen LogP contribution in [0.1, 0.15) is 0 Å². The van der Waals surface area contributed by atoms with Crippen LogP contribution in [0, 0.1) is 4.78 Å². The summed E-state index contributed by atoms with van der Waals surface area (Å²) in [5.41, 5.74) is 2.46. The van der Waals surface area contributed by atoms with Gasteiger partial charge in [-0.15, -0.1) is 0 Å². The summed E-state index contributed by atoms with van der Waals surface area (Å²) in [6.07, 6.45) is 1.68. The number of hydrogen-bond acceptors (Lipinski definition) is 4. The summed E-state index contributed by atoms with van der Waals surface area (Å²) in [4.78, 5) is 5.96. The van der Waals surface area contributed by atoms with Gasteiger partial charge in [-0.1, -0.05) is 18.2 Å². The first-order valence-electron chi connectivity index (χ1n) is 4.74. The van der Waals surface area contributed by atoms with E-state index in [0.717, 1.165) is 9.79 Å². The summed E-state index contributed by atoms with van der Waals surface area (Å²) in [6, 6.07) is 13.4. The lowest BCUT2D eigenvalue weighted by molar-refractivity contribution is 1.18. The zero-order valence-electron chi connectivity index (χ0n) is 8.55. The van der Waals surface area contributed by atoms with Gasteiger partial charge in [-0.2, -0.15) is 0 Å². The number of anilines is 1. The molecule has 1 heterocycles. The molecule has 0 aliphatic heterocycles. The lowest BCUT2D eigenvalue weighted by atomic mass is 10.4. The molecule has 82 valence electrons. The Bertz CT molecular complexity index is 481. The lowest BCUT2D eigenvalue weighted by Crippen LogP contribution is -2.08. The zero-order valence-corrected chi connectivity index (χ0v) is 9.37. The van der Waals surface area contributed by atoms with E-state index in [1.807, 2.05) is 36.4 Å². The van der Waals surface area contributed by atoms with Crippen LogP contribution >= 0.6 is 0 Å². The highest BCUT2D eigenvalue weighted by atomic mass is 32.2. The van der Waals surface area contributed by atoms with Gasteiger partial charge in [0.15, 0.2) is 0 Å². The van der Waals surface area contributed by atoms with Crippen LogP contribution in [0.3, 0.4) is 0 Å². The van der Waals surface area contributed by atoms with Crippen molar-refractivity contribution in [1.29, 1.82) is 4.78 Å². The minimum absolute atomic E-state index is 0.605. The second kappa shape index (κ2) is 4.87. The highest BCUT2D eigenvalue weighted by molar-refractivity contribution is 7.86. The molecule has 2 aromatic rings. The molecule has 1 unspecified atom stereocenters. The number of nitrogens with two attached hydrogens (primary N) is 1. The van der Waals surface area contributed by atoms with E-state index in [9.17, 15) is 0 Å². The van der Waals surface area contributed by atoms with Gasteiger partial charge in [-0.3, -0.25) is 4.78 Å². The highest BCUT2D eigenvalue weighted by Gasteiger charge is 2.02. The van der Waals surface area contributed by atoms with Crippen LogP contribution in [0.2, 0.25) is 0 Å². The van der Waals surface area contributed by atoms with Crippen LogP contribution in [-0.4, -0.2) is 4.98 Å². The largest absolute Gasteiger partial charge is 0.308 e. The third kappa shape index (κ3) is 2.26. The molecule has 0 spiro atoms. The first-order valence-corrected chi connectivity index (χ1v) is 5.97. The number of rotatable bonds is 3. The minimum Gasteiger partial charge on any atom is -0.308 e. The van der Waals surface area contributed by atoms with Crippen molar-refractivity contribution in [2.45, 2.75) is 9.79 Å². The van der Waals surface area contributed by atoms with E-state index in [1.54, 1.807) is 12.3 Å². The SMILES string of the molecule is N=S(c1ccccc1)c1ccc(NN)nc1. The topological polar surface area (TPSA) is 74.8 Å². The quantitative estimate of drug-likeness (QED) is 0.560. The Balaban J connectivity index is 2.28. The van der Waals surface area contributed by atoms with Gasteiger partial charge in [-0.25, -0.2) is 10.8 Å². The maximum absolute atomic E-state index is 8.12. The van der Waals surface area contributed by atoms with Crippen LogP contribution in [0.15, 0.2) is 58.5 Å². The van der Waals surface area contributed by atoms with Crippen LogP contribution < -0.4 is 11.3 Å². The normalized spacial score (nSPS) is 12.1. The molecule has 1 aromatic carbocycles. The molecule has 5 heteroatoms. The molecule has 0 fully saturated rings. The van der Waals surface area contributed by atoms with Crippen molar-refractivity contribution < 1.29 is 0 Å². The fourth-order valence-corrected chi connectivity index (χ4v) is 2.34. The molecule has 0 bridgehead atoms. The van der Waals surface area contributed by atoms with E-state index in [0.29, 0.717) is 5.82 Å². The summed E-state index contributed by atoms with van der Waals surface area (Å²) in [5.74, 6) is 5.84. The van der Waals surface area contributed by atoms with Crippen LogP contribution in [0.4, 0.5) is 5.82 Å². The van der Waals surface area contributed by atoms with E-state index in [4.69, 9.17) is 10.6 Å². The molecule has 0 radical (unpaired) electrons. The van der Waals surface area contributed by atoms with E-state index >= 15 is 0 Å². The highest BCUT2D eigenvalue weighted by Crippen LogP contribution is 2.16. The third-order valence-corrected chi connectivity index (χ3v) is 3.56. The van der Waals surface area contributed by atoms with E-state index in [2.05, 4.69) is 10.4 Å². The van der Waals surface area contributed by atoms with Gasteiger partial charge < -0.3 is 5.43 Å². The summed E-state index contributed by atoms with van der Waals surface area (Å²) in [6.45, 7) is 0. The number of nitrogens with one attached hydrogen (secondary N) is 2. The second-order valence-electron chi connectivity index (χ2n) is 3.14. The summed E-state index contributed by atoms with van der Waals surface area (Å²) in [5, 5.41) is 0. The average molecular weight is 232 g/mol. The molecule has 4 N–H and O–H groups in total. The molecule has 0 saturated heterocycles. The van der Waals surface area contributed by atoms with Crippen LogP contribution in [0.25, 0.3) is 0 Å². The Morgan fingerprint density at radius 3 is 2.38 bits per heavy atom. The molecule has 16 heavy (non-hydrogen) atoms. The van der Waals surface area contributed by atoms with Crippen molar-refractivity contribution in [3.8, 4) is 0 Å². The van der Waals surface area contributed by atoms with Gasteiger partial charge in [0.2, 0.25) is 0 Å². The molecule has 0 saturated carbocycles. The monoisotopic (exact) mass is 232 g/mol. The maximum Gasteiger partial charge on any atom is 0.139 e. The number of hydrogen-bond donors (Lipinski definition) is 3. The van der Waals surface area contributed by atoms with Crippen LogP contribution in [-0.2, 0) is 10.7 Å². The van der Waals surface area contributed by atoms with Crippen molar-refractivity contribution >= 4 is 16.5 Å². The Hall–Kier alpha value is -1.72. The van der Waals surface area contributed by atoms with Gasteiger partial charge in [0.05, 0.1) is 0 Å². The van der Waals surface area contributed by atoms with Gasteiger partial charge >= 0.3 is 0 Å². The molecule has 2 rings (SSSR count). The number of hydrazine groups is 1. The fraction of sp³-hybridized carbons (Fsp3) is 0. The molecule has 1 atom stereocenters. The first kappa shape index (κ1) is 10.8.